The molecular weight excluding hydrogens is 311 g/mol. The lowest BCUT2D eigenvalue weighted by atomic mass is 10.1. The van der Waals surface area contributed by atoms with Crippen LogP contribution in [0.5, 0.6) is 0 Å². The Morgan fingerprint density at radius 1 is 0.652 bits per heavy atom. The monoisotopic (exact) mass is 350 g/mol. The summed E-state index contributed by atoms with van der Waals surface area (Å²) in [6.45, 7) is 5.43. The lowest BCUT2D eigenvalue weighted by Crippen LogP contribution is -2.04. The molecule has 23 heavy (non-hydrogen) atoms. The number of methoxy groups -OCH3 is 1. The van der Waals surface area contributed by atoms with Gasteiger partial charge in [0, 0.05) is 7.11 Å². The minimum atomic E-state index is -3.06. The molecule has 0 aliphatic heterocycles. The van der Waals surface area contributed by atoms with Crippen LogP contribution >= 0.6 is 7.60 Å². The molecule has 0 rings (SSSR count). The van der Waals surface area contributed by atoms with E-state index in [0.29, 0.717) is 13.2 Å². The van der Waals surface area contributed by atoms with Crippen molar-refractivity contribution in [2.75, 3.05) is 26.7 Å². The minimum absolute atomic E-state index is 0.0542. The van der Waals surface area contributed by atoms with Crippen molar-refractivity contribution in [3.8, 4) is 0 Å². The molecule has 0 bridgehead atoms. The molecular formula is C18H39O4P. The highest BCUT2D eigenvalue weighted by Gasteiger charge is 2.24. The highest BCUT2D eigenvalue weighted by molar-refractivity contribution is 7.53. The summed E-state index contributed by atoms with van der Waals surface area (Å²) in [6.07, 6.45) is 14.3. The van der Waals surface area contributed by atoms with Crippen molar-refractivity contribution in [1.29, 1.82) is 0 Å². The van der Waals surface area contributed by atoms with Crippen LogP contribution in [0.3, 0.4) is 0 Å². The Morgan fingerprint density at radius 2 is 1.04 bits per heavy atom. The van der Waals surface area contributed by atoms with Crippen LogP contribution in [0.2, 0.25) is 0 Å². The van der Waals surface area contributed by atoms with Gasteiger partial charge in [-0.1, -0.05) is 78.1 Å². The Labute approximate surface area is 144 Å². The SMILES string of the molecule is CCCCCCCCOP(=O)(COC)OCCCCCCCC. The summed E-state index contributed by atoms with van der Waals surface area (Å²) < 4.78 is 28.6. The van der Waals surface area contributed by atoms with Crippen LogP contribution in [0, 0.1) is 0 Å². The van der Waals surface area contributed by atoms with Gasteiger partial charge in [-0.3, -0.25) is 4.57 Å². The van der Waals surface area contributed by atoms with Gasteiger partial charge in [-0.2, -0.15) is 0 Å². The van der Waals surface area contributed by atoms with Gasteiger partial charge in [0.1, 0.15) is 6.35 Å². The lowest BCUT2D eigenvalue weighted by Gasteiger charge is -2.17. The van der Waals surface area contributed by atoms with Crippen molar-refractivity contribution in [2.45, 2.75) is 90.9 Å². The van der Waals surface area contributed by atoms with Crippen LogP contribution < -0.4 is 0 Å². The lowest BCUT2D eigenvalue weighted by molar-refractivity contribution is 0.155. The number of ether oxygens (including phenoxy) is 1. The van der Waals surface area contributed by atoms with Crippen LogP contribution in [-0.2, 0) is 18.3 Å². The Bertz CT molecular complexity index is 262. The fourth-order valence-electron chi connectivity index (χ4n) is 2.44. The summed E-state index contributed by atoms with van der Waals surface area (Å²) in [5, 5.41) is 0. The molecule has 0 spiro atoms. The molecule has 4 nitrogen and oxygen atoms in total. The first-order valence-electron chi connectivity index (χ1n) is 9.55. The first kappa shape index (κ1) is 23.1. The first-order valence-corrected chi connectivity index (χ1v) is 11.3. The van der Waals surface area contributed by atoms with Gasteiger partial charge in [0.2, 0.25) is 0 Å². The molecule has 0 aromatic heterocycles. The standard InChI is InChI=1S/C18H39O4P/c1-4-6-8-10-12-14-16-21-23(19,18-20-3)22-17-15-13-11-9-7-5-2/h4-18H2,1-3H3. The molecule has 0 amide bonds. The molecule has 0 N–H and O–H groups in total. The second kappa shape index (κ2) is 17.0. The molecule has 0 unspecified atom stereocenters. The first-order chi connectivity index (χ1) is 11.2. The average Bonchev–Trinajstić information content (AvgIpc) is 2.53. The van der Waals surface area contributed by atoms with Crippen molar-refractivity contribution >= 4 is 7.60 Å². The zero-order chi connectivity index (χ0) is 17.2. The quantitative estimate of drug-likeness (QED) is 0.208. The number of rotatable bonds is 18. The van der Waals surface area contributed by atoms with Crippen molar-refractivity contribution in [2.24, 2.45) is 0 Å². The second-order valence-electron chi connectivity index (χ2n) is 6.23. The van der Waals surface area contributed by atoms with E-state index >= 15 is 0 Å². The molecule has 0 aliphatic carbocycles. The average molecular weight is 350 g/mol. The predicted molar refractivity (Wildman–Crippen MR) is 98.1 cm³/mol. The van der Waals surface area contributed by atoms with Gasteiger partial charge in [-0.15, -0.1) is 0 Å². The van der Waals surface area contributed by atoms with E-state index in [1.807, 2.05) is 0 Å². The summed E-state index contributed by atoms with van der Waals surface area (Å²) >= 11 is 0. The van der Waals surface area contributed by atoms with Crippen LogP contribution in [0.4, 0.5) is 0 Å². The largest absolute Gasteiger partial charge is 0.372 e. The highest BCUT2D eigenvalue weighted by Crippen LogP contribution is 2.48. The summed E-state index contributed by atoms with van der Waals surface area (Å²) in [5.41, 5.74) is 0. The zero-order valence-electron chi connectivity index (χ0n) is 15.7. The maximum atomic E-state index is 12.5. The van der Waals surface area contributed by atoms with E-state index in [1.54, 1.807) is 0 Å². The van der Waals surface area contributed by atoms with Gasteiger partial charge in [0.15, 0.2) is 0 Å². The summed E-state index contributed by atoms with van der Waals surface area (Å²) in [7, 11) is -1.53. The Balaban J connectivity index is 3.72. The number of hydrogen-bond donors (Lipinski definition) is 0. The van der Waals surface area contributed by atoms with Crippen molar-refractivity contribution in [3.63, 3.8) is 0 Å². The van der Waals surface area contributed by atoms with Crippen LogP contribution in [0.25, 0.3) is 0 Å². The van der Waals surface area contributed by atoms with E-state index in [9.17, 15) is 4.57 Å². The van der Waals surface area contributed by atoms with Gasteiger partial charge >= 0.3 is 7.60 Å². The van der Waals surface area contributed by atoms with E-state index in [4.69, 9.17) is 13.8 Å². The molecule has 0 saturated heterocycles. The Morgan fingerprint density at radius 3 is 1.43 bits per heavy atom. The van der Waals surface area contributed by atoms with E-state index in [0.717, 1.165) is 25.7 Å². The smallest absolute Gasteiger partial charge is 0.356 e. The summed E-state index contributed by atoms with van der Waals surface area (Å²) in [4.78, 5) is 0. The van der Waals surface area contributed by atoms with Gasteiger partial charge in [0.25, 0.3) is 0 Å². The van der Waals surface area contributed by atoms with Crippen molar-refractivity contribution < 1.29 is 18.3 Å². The second-order valence-corrected chi connectivity index (χ2v) is 8.23. The van der Waals surface area contributed by atoms with Gasteiger partial charge in [-0.05, 0) is 12.8 Å². The van der Waals surface area contributed by atoms with E-state index < -0.39 is 7.60 Å². The van der Waals surface area contributed by atoms with E-state index in [-0.39, 0.29) is 6.35 Å². The molecule has 0 heterocycles. The fraction of sp³-hybridized carbons (Fsp3) is 1.00. The molecule has 140 valence electrons. The minimum Gasteiger partial charge on any atom is -0.372 e. The highest BCUT2D eigenvalue weighted by atomic mass is 31.2. The third-order valence-corrected chi connectivity index (χ3v) is 5.59. The van der Waals surface area contributed by atoms with E-state index in [2.05, 4.69) is 13.8 Å². The molecule has 0 aliphatic rings. The maximum absolute atomic E-state index is 12.5. The molecule has 0 aromatic carbocycles. The van der Waals surface area contributed by atoms with Gasteiger partial charge in [0.05, 0.1) is 13.2 Å². The maximum Gasteiger partial charge on any atom is 0.356 e. The van der Waals surface area contributed by atoms with Crippen molar-refractivity contribution in [1.82, 2.24) is 0 Å². The topological polar surface area (TPSA) is 44.8 Å². The van der Waals surface area contributed by atoms with Gasteiger partial charge in [-0.25, -0.2) is 0 Å². The summed E-state index contributed by atoms with van der Waals surface area (Å²) in [6, 6.07) is 0. The zero-order valence-corrected chi connectivity index (χ0v) is 16.6. The number of hydrogen-bond acceptors (Lipinski definition) is 4. The number of unbranched alkanes of at least 4 members (excludes halogenated alkanes) is 10. The van der Waals surface area contributed by atoms with Crippen LogP contribution in [0.1, 0.15) is 90.9 Å². The molecule has 0 atom stereocenters. The fourth-order valence-corrected chi connectivity index (χ4v) is 3.80. The van der Waals surface area contributed by atoms with E-state index in [1.165, 1.54) is 58.5 Å². The molecule has 0 radical (unpaired) electrons. The third-order valence-electron chi connectivity index (χ3n) is 3.86. The molecule has 5 heteroatoms. The predicted octanol–water partition coefficient (Wildman–Crippen LogP) is 6.54. The molecule has 0 fully saturated rings. The van der Waals surface area contributed by atoms with Gasteiger partial charge < -0.3 is 13.8 Å². The van der Waals surface area contributed by atoms with Crippen LogP contribution in [-0.4, -0.2) is 26.7 Å². The Kier molecular flexibility index (Phi) is 17.0. The third kappa shape index (κ3) is 15.4. The molecule has 0 aromatic rings. The van der Waals surface area contributed by atoms with Crippen LogP contribution in [0.15, 0.2) is 0 Å². The Hall–Kier alpha value is 0.110. The molecule has 0 saturated carbocycles. The van der Waals surface area contributed by atoms with Crippen molar-refractivity contribution in [3.05, 3.63) is 0 Å². The normalized spacial score (nSPS) is 12.0. The summed E-state index contributed by atoms with van der Waals surface area (Å²) in [5.74, 6) is 0.